The Labute approximate surface area is 150 Å². The van der Waals surface area contributed by atoms with Crippen molar-refractivity contribution in [2.24, 2.45) is 16.7 Å². The van der Waals surface area contributed by atoms with Gasteiger partial charge in [-0.1, -0.05) is 20.8 Å². The normalized spacial score (nSPS) is 29.9. The molecule has 2 aliphatic rings. The van der Waals surface area contributed by atoms with Crippen molar-refractivity contribution in [3.05, 3.63) is 28.0 Å². The van der Waals surface area contributed by atoms with Gasteiger partial charge in [0.15, 0.2) is 0 Å². The molecule has 0 saturated heterocycles. The average molecular weight is 361 g/mol. The Hall–Kier alpha value is -1.96. The molecule has 25 heavy (non-hydrogen) atoms. The summed E-state index contributed by atoms with van der Waals surface area (Å²) in [6, 6.07) is 3.80. The Balaban J connectivity index is 1.47. The molecule has 1 N–H and O–H groups in total. The highest BCUT2D eigenvalue weighted by Crippen LogP contribution is 2.65. The minimum absolute atomic E-state index is 0.0954. The zero-order valence-electron chi connectivity index (χ0n) is 14.7. The van der Waals surface area contributed by atoms with E-state index in [4.69, 9.17) is 0 Å². The van der Waals surface area contributed by atoms with Crippen LogP contribution in [0.15, 0.2) is 22.3 Å². The zero-order valence-corrected chi connectivity index (χ0v) is 15.5. The molecular formula is C17H23N5O2S. The van der Waals surface area contributed by atoms with Crippen LogP contribution in [0.1, 0.15) is 40.0 Å². The van der Waals surface area contributed by atoms with Crippen LogP contribution in [0.4, 0.5) is 0 Å². The summed E-state index contributed by atoms with van der Waals surface area (Å²) in [6.45, 7) is 6.81. The first-order valence-corrected chi connectivity index (χ1v) is 9.57. The molecule has 134 valence electrons. The first-order chi connectivity index (χ1) is 11.8. The van der Waals surface area contributed by atoms with Crippen LogP contribution in [0.3, 0.4) is 0 Å². The van der Waals surface area contributed by atoms with Crippen LogP contribution in [0.25, 0.3) is 5.00 Å². The predicted octanol–water partition coefficient (Wildman–Crippen LogP) is 1.82. The van der Waals surface area contributed by atoms with Crippen molar-refractivity contribution >= 4 is 17.2 Å². The standard InChI is InChI=1S/C17H23N5O2S/c1-16(2)11-6-7-17(16,3)12(9-11)18-13(23)10-21-15(24)22(20-19-21)14-5-4-8-25-14/h4-5,8,11-12H,6-7,9-10H2,1-3H3,(H,18,23). The number of carbonyl (C=O) groups excluding carboxylic acids is 1. The van der Waals surface area contributed by atoms with Crippen molar-refractivity contribution in [2.45, 2.75) is 52.6 Å². The number of hydrogen-bond donors (Lipinski definition) is 1. The molecule has 2 bridgehead atoms. The summed E-state index contributed by atoms with van der Waals surface area (Å²) < 4.78 is 2.34. The Morgan fingerprint density at radius 2 is 2.20 bits per heavy atom. The molecule has 2 aromatic rings. The SMILES string of the molecule is CC1(C)C2CCC1(C)C(NC(=O)Cn1nnn(-c3cccs3)c1=O)C2. The Morgan fingerprint density at radius 1 is 1.40 bits per heavy atom. The summed E-state index contributed by atoms with van der Waals surface area (Å²) in [5.41, 5.74) is -0.0335. The Morgan fingerprint density at radius 3 is 2.80 bits per heavy atom. The van der Waals surface area contributed by atoms with Gasteiger partial charge in [0.1, 0.15) is 11.5 Å². The maximum Gasteiger partial charge on any atom is 0.369 e. The van der Waals surface area contributed by atoms with E-state index in [1.165, 1.54) is 22.4 Å². The molecule has 2 saturated carbocycles. The third-order valence-corrected chi connectivity index (χ3v) is 7.62. The number of rotatable bonds is 4. The van der Waals surface area contributed by atoms with Gasteiger partial charge in [0, 0.05) is 6.04 Å². The number of fused-ring (bicyclic) bond motifs is 2. The van der Waals surface area contributed by atoms with Crippen molar-refractivity contribution in [3.63, 3.8) is 0 Å². The van der Waals surface area contributed by atoms with Crippen LogP contribution in [-0.4, -0.2) is 31.7 Å². The van der Waals surface area contributed by atoms with Gasteiger partial charge in [0.2, 0.25) is 5.91 Å². The number of aromatic nitrogens is 4. The molecule has 0 radical (unpaired) electrons. The molecule has 1 amide bonds. The van der Waals surface area contributed by atoms with Crippen molar-refractivity contribution < 1.29 is 4.79 Å². The van der Waals surface area contributed by atoms with Crippen molar-refractivity contribution in [1.82, 2.24) is 25.1 Å². The smallest absolute Gasteiger partial charge is 0.351 e. The average Bonchev–Trinajstić information content (AvgIpc) is 3.27. The highest BCUT2D eigenvalue weighted by atomic mass is 32.1. The second-order valence-electron chi connectivity index (χ2n) is 8.01. The fourth-order valence-electron chi connectivity index (χ4n) is 4.70. The van der Waals surface area contributed by atoms with E-state index in [-0.39, 0.29) is 29.3 Å². The van der Waals surface area contributed by atoms with Gasteiger partial charge in [-0.05, 0) is 63.9 Å². The van der Waals surface area contributed by atoms with Gasteiger partial charge < -0.3 is 5.32 Å². The number of thiophene rings is 1. The second kappa shape index (κ2) is 5.52. The van der Waals surface area contributed by atoms with E-state index in [2.05, 4.69) is 36.5 Å². The molecule has 2 aromatic heterocycles. The van der Waals surface area contributed by atoms with E-state index >= 15 is 0 Å². The number of nitrogens with zero attached hydrogens (tertiary/aromatic N) is 4. The quantitative estimate of drug-likeness (QED) is 0.901. The van der Waals surface area contributed by atoms with Gasteiger partial charge in [-0.25, -0.2) is 4.79 Å². The number of carbonyl (C=O) groups is 1. The van der Waals surface area contributed by atoms with Crippen LogP contribution >= 0.6 is 11.3 Å². The van der Waals surface area contributed by atoms with Gasteiger partial charge in [-0.15, -0.1) is 11.3 Å². The molecule has 0 aromatic carbocycles. The largest absolute Gasteiger partial charge is 0.369 e. The van der Waals surface area contributed by atoms with E-state index in [1.807, 2.05) is 11.4 Å². The third kappa shape index (κ3) is 2.38. The van der Waals surface area contributed by atoms with Crippen LogP contribution in [-0.2, 0) is 11.3 Å². The lowest BCUT2D eigenvalue weighted by Gasteiger charge is -2.39. The Kier molecular flexibility index (Phi) is 3.64. The summed E-state index contributed by atoms with van der Waals surface area (Å²) in [5.74, 6) is 0.486. The second-order valence-corrected chi connectivity index (χ2v) is 8.94. The third-order valence-electron chi connectivity index (χ3n) is 6.78. The summed E-state index contributed by atoms with van der Waals surface area (Å²) in [4.78, 5) is 24.9. The number of hydrogen-bond acceptors (Lipinski definition) is 5. The minimum Gasteiger partial charge on any atom is -0.351 e. The van der Waals surface area contributed by atoms with Gasteiger partial charge >= 0.3 is 5.69 Å². The molecule has 3 unspecified atom stereocenters. The lowest BCUT2D eigenvalue weighted by atomic mass is 9.69. The molecule has 3 atom stereocenters. The summed E-state index contributed by atoms with van der Waals surface area (Å²) in [7, 11) is 0. The van der Waals surface area contributed by atoms with Gasteiger partial charge in [-0.2, -0.15) is 9.36 Å². The molecule has 7 nitrogen and oxygen atoms in total. The molecule has 0 spiro atoms. The maximum atomic E-state index is 12.5. The first kappa shape index (κ1) is 16.5. The van der Waals surface area contributed by atoms with Crippen molar-refractivity contribution in [1.29, 1.82) is 0 Å². The van der Waals surface area contributed by atoms with E-state index < -0.39 is 5.69 Å². The highest BCUT2D eigenvalue weighted by molar-refractivity contribution is 7.12. The molecule has 8 heteroatoms. The number of nitrogens with one attached hydrogen (secondary N) is 1. The minimum atomic E-state index is -0.392. The molecular weight excluding hydrogens is 338 g/mol. The topological polar surface area (TPSA) is 81.8 Å². The lowest BCUT2D eigenvalue weighted by Crippen LogP contribution is -2.48. The fourth-order valence-corrected chi connectivity index (χ4v) is 5.37. The van der Waals surface area contributed by atoms with Gasteiger partial charge in [-0.3, -0.25) is 4.79 Å². The van der Waals surface area contributed by atoms with Gasteiger partial charge in [0.05, 0.1) is 0 Å². The first-order valence-electron chi connectivity index (χ1n) is 8.69. The van der Waals surface area contributed by atoms with E-state index in [1.54, 1.807) is 6.07 Å². The Bertz CT molecular complexity index is 853. The highest BCUT2D eigenvalue weighted by Gasteiger charge is 2.61. The number of tetrazole rings is 1. The van der Waals surface area contributed by atoms with Crippen molar-refractivity contribution in [2.75, 3.05) is 0 Å². The maximum absolute atomic E-state index is 12.5. The van der Waals surface area contributed by atoms with Crippen molar-refractivity contribution in [3.8, 4) is 5.00 Å². The van der Waals surface area contributed by atoms with Gasteiger partial charge in [0.25, 0.3) is 0 Å². The molecule has 2 fully saturated rings. The fraction of sp³-hybridized carbons (Fsp3) is 0.647. The van der Waals surface area contributed by atoms with E-state index in [9.17, 15) is 9.59 Å². The summed E-state index contributed by atoms with van der Waals surface area (Å²) in [5, 5.41) is 13.4. The summed E-state index contributed by atoms with van der Waals surface area (Å²) >= 11 is 1.40. The predicted molar refractivity (Wildman–Crippen MR) is 94.7 cm³/mol. The van der Waals surface area contributed by atoms with Crippen LogP contribution in [0.5, 0.6) is 0 Å². The molecule has 2 heterocycles. The number of amides is 1. The zero-order chi connectivity index (χ0) is 17.8. The van der Waals surface area contributed by atoms with Crippen LogP contribution in [0, 0.1) is 16.7 Å². The lowest BCUT2D eigenvalue weighted by molar-refractivity contribution is -0.123. The monoisotopic (exact) mass is 361 g/mol. The van der Waals surface area contributed by atoms with E-state index in [0.717, 1.165) is 17.5 Å². The molecule has 4 rings (SSSR count). The summed E-state index contributed by atoms with van der Waals surface area (Å²) in [6.07, 6.45) is 3.40. The molecule has 2 aliphatic carbocycles. The van der Waals surface area contributed by atoms with Crippen LogP contribution in [0.2, 0.25) is 0 Å². The van der Waals surface area contributed by atoms with E-state index in [0.29, 0.717) is 10.9 Å². The molecule has 0 aliphatic heterocycles. The van der Waals surface area contributed by atoms with Crippen LogP contribution < -0.4 is 11.0 Å².